The molecule has 1 N–H and O–H groups in total. The molecular weight excluding hydrogens is 276 g/mol. The van der Waals surface area contributed by atoms with Crippen molar-refractivity contribution in [3.05, 3.63) is 22.4 Å². The normalized spacial score (nSPS) is 19.6. The summed E-state index contributed by atoms with van der Waals surface area (Å²) in [6.07, 6.45) is 0.470. The van der Waals surface area contributed by atoms with Gasteiger partial charge in [0, 0.05) is 24.5 Å². The van der Waals surface area contributed by atoms with Crippen LogP contribution in [0, 0.1) is 0 Å². The van der Waals surface area contributed by atoms with Crippen molar-refractivity contribution < 1.29 is 14.6 Å². The number of likely N-dealkylation sites (N-methyl/N-ethyl adjacent to an activating group) is 1. The standard InChI is InChI=1S/C14H22N2O3S/c1-15(4-6-17)10-12-11-19-7-5-16(12)14(18)9-13-3-2-8-20-13/h2-3,8,12,17H,4-7,9-11H2,1H3/t12-/m1/s1. The van der Waals surface area contributed by atoms with Gasteiger partial charge in [-0.15, -0.1) is 11.3 Å². The van der Waals surface area contributed by atoms with Crippen molar-refractivity contribution in [1.82, 2.24) is 9.80 Å². The van der Waals surface area contributed by atoms with Gasteiger partial charge in [-0.25, -0.2) is 0 Å². The van der Waals surface area contributed by atoms with Crippen molar-refractivity contribution in [2.24, 2.45) is 0 Å². The summed E-state index contributed by atoms with van der Waals surface area (Å²) >= 11 is 1.62. The molecule has 0 bridgehead atoms. The lowest BCUT2D eigenvalue weighted by Crippen LogP contribution is -2.53. The second-order valence-electron chi connectivity index (χ2n) is 5.06. The molecule has 0 unspecified atom stereocenters. The van der Waals surface area contributed by atoms with E-state index in [9.17, 15) is 4.79 Å². The van der Waals surface area contributed by atoms with Gasteiger partial charge in [-0.3, -0.25) is 4.79 Å². The summed E-state index contributed by atoms with van der Waals surface area (Å²) in [5, 5.41) is 11.0. The molecular formula is C14H22N2O3S. The van der Waals surface area contributed by atoms with Gasteiger partial charge in [0.2, 0.25) is 5.91 Å². The molecule has 0 spiro atoms. The van der Waals surface area contributed by atoms with Gasteiger partial charge >= 0.3 is 0 Å². The maximum Gasteiger partial charge on any atom is 0.228 e. The highest BCUT2D eigenvalue weighted by Crippen LogP contribution is 2.14. The van der Waals surface area contributed by atoms with Crippen LogP contribution in [0.4, 0.5) is 0 Å². The monoisotopic (exact) mass is 298 g/mol. The van der Waals surface area contributed by atoms with E-state index >= 15 is 0 Å². The summed E-state index contributed by atoms with van der Waals surface area (Å²) in [4.78, 5) is 17.5. The smallest absolute Gasteiger partial charge is 0.228 e. The summed E-state index contributed by atoms with van der Waals surface area (Å²) in [6, 6.07) is 4.04. The predicted molar refractivity (Wildman–Crippen MR) is 78.9 cm³/mol. The van der Waals surface area contributed by atoms with Gasteiger partial charge in [-0.2, -0.15) is 0 Å². The number of rotatable bonds is 6. The van der Waals surface area contributed by atoms with E-state index in [1.54, 1.807) is 11.3 Å². The zero-order valence-electron chi connectivity index (χ0n) is 11.8. The molecule has 0 saturated carbocycles. The Bertz CT molecular complexity index is 411. The first-order valence-corrected chi connectivity index (χ1v) is 7.77. The Morgan fingerprint density at radius 2 is 2.50 bits per heavy atom. The van der Waals surface area contributed by atoms with Crippen LogP contribution in [0.5, 0.6) is 0 Å². The first kappa shape index (κ1) is 15.4. The molecule has 20 heavy (non-hydrogen) atoms. The van der Waals surface area contributed by atoms with Gasteiger partial charge in [0.1, 0.15) is 0 Å². The summed E-state index contributed by atoms with van der Waals surface area (Å²) in [6.45, 7) is 3.32. The summed E-state index contributed by atoms with van der Waals surface area (Å²) in [5.41, 5.74) is 0. The first-order chi connectivity index (χ1) is 9.70. The second kappa shape index (κ2) is 7.73. The third kappa shape index (κ3) is 4.28. The van der Waals surface area contributed by atoms with Crippen molar-refractivity contribution in [2.75, 3.05) is 46.5 Å². The lowest BCUT2D eigenvalue weighted by Gasteiger charge is -2.37. The number of nitrogens with zero attached hydrogens (tertiary/aromatic N) is 2. The third-order valence-electron chi connectivity index (χ3n) is 3.46. The molecule has 6 heteroatoms. The Hall–Kier alpha value is -0.950. The fourth-order valence-electron chi connectivity index (χ4n) is 2.42. The van der Waals surface area contributed by atoms with Crippen molar-refractivity contribution in [3.8, 4) is 0 Å². The highest BCUT2D eigenvalue weighted by Gasteiger charge is 2.28. The first-order valence-electron chi connectivity index (χ1n) is 6.89. The Morgan fingerprint density at radius 1 is 1.65 bits per heavy atom. The van der Waals surface area contributed by atoms with Crippen LogP contribution in [0.2, 0.25) is 0 Å². The van der Waals surface area contributed by atoms with Crippen LogP contribution in [0.3, 0.4) is 0 Å². The van der Waals surface area contributed by atoms with Crippen molar-refractivity contribution in [3.63, 3.8) is 0 Å². The molecule has 1 aliphatic heterocycles. The second-order valence-corrected chi connectivity index (χ2v) is 6.09. The third-order valence-corrected chi connectivity index (χ3v) is 4.33. The van der Waals surface area contributed by atoms with Gasteiger partial charge in [0.05, 0.1) is 32.3 Å². The number of morpholine rings is 1. The van der Waals surface area contributed by atoms with E-state index in [0.29, 0.717) is 32.7 Å². The molecule has 0 aliphatic carbocycles. The van der Waals surface area contributed by atoms with E-state index in [1.165, 1.54) is 0 Å². The number of thiophene rings is 1. The van der Waals surface area contributed by atoms with Crippen LogP contribution in [-0.2, 0) is 16.0 Å². The fourth-order valence-corrected chi connectivity index (χ4v) is 3.12. The van der Waals surface area contributed by atoms with E-state index in [0.717, 1.165) is 11.4 Å². The molecule has 1 amide bonds. The number of hydrogen-bond acceptors (Lipinski definition) is 5. The van der Waals surface area contributed by atoms with E-state index in [2.05, 4.69) is 0 Å². The van der Waals surface area contributed by atoms with Crippen LogP contribution in [-0.4, -0.2) is 73.4 Å². The van der Waals surface area contributed by atoms with Gasteiger partial charge in [-0.1, -0.05) is 6.07 Å². The quantitative estimate of drug-likeness (QED) is 0.828. The number of aliphatic hydroxyl groups is 1. The summed E-state index contributed by atoms with van der Waals surface area (Å²) < 4.78 is 5.50. The van der Waals surface area contributed by atoms with Gasteiger partial charge < -0.3 is 19.6 Å². The molecule has 2 rings (SSSR count). The molecule has 2 heterocycles. The van der Waals surface area contributed by atoms with Gasteiger partial charge in [0.25, 0.3) is 0 Å². The molecule has 112 valence electrons. The SMILES string of the molecule is CN(CCO)C[C@@H]1COCCN1C(=O)Cc1cccs1. The Labute approximate surface area is 123 Å². The van der Waals surface area contributed by atoms with E-state index in [-0.39, 0.29) is 18.6 Å². The number of carbonyl (C=O) groups is 1. The number of amides is 1. The Morgan fingerprint density at radius 3 is 3.20 bits per heavy atom. The lowest BCUT2D eigenvalue weighted by molar-refractivity contribution is -0.139. The topological polar surface area (TPSA) is 53.0 Å². The predicted octanol–water partition coefficient (Wildman–Crippen LogP) is 0.442. The summed E-state index contributed by atoms with van der Waals surface area (Å²) in [7, 11) is 1.95. The van der Waals surface area contributed by atoms with E-state index < -0.39 is 0 Å². The molecule has 1 saturated heterocycles. The van der Waals surface area contributed by atoms with Crippen LogP contribution in [0.15, 0.2) is 17.5 Å². The molecule has 0 aromatic carbocycles. The largest absolute Gasteiger partial charge is 0.395 e. The molecule has 1 aliphatic rings. The van der Waals surface area contributed by atoms with Crippen LogP contribution in [0.25, 0.3) is 0 Å². The maximum atomic E-state index is 12.4. The number of carbonyl (C=O) groups excluding carboxylic acids is 1. The Balaban J connectivity index is 1.93. The number of hydrogen-bond donors (Lipinski definition) is 1. The fraction of sp³-hybridized carbons (Fsp3) is 0.643. The molecule has 1 atom stereocenters. The molecule has 1 aromatic heterocycles. The molecule has 5 nitrogen and oxygen atoms in total. The zero-order valence-corrected chi connectivity index (χ0v) is 12.6. The van der Waals surface area contributed by atoms with Gasteiger partial charge in [-0.05, 0) is 18.5 Å². The van der Waals surface area contributed by atoms with Crippen LogP contribution >= 0.6 is 11.3 Å². The van der Waals surface area contributed by atoms with Crippen molar-refractivity contribution in [1.29, 1.82) is 0 Å². The minimum Gasteiger partial charge on any atom is -0.395 e. The van der Waals surface area contributed by atoms with Crippen LogP contribution < -0.4 is 0 Å². The minimum atomic E-state index is 0.0766. The highest BCUT2D eigenvalue weighted by molar-refractivity contribution is 7.10. The Kier molecular flexibility index (Phi) is 5.97. The van der Waals surface area contributed by atoms with E-state index in [1.807, 2.05) is 34.4 Å². The van der Waals surface area contributed by atoms with Crippen LogP contribution in [0.1, 0.15) is 4.88 Å². The van der Waals surface area contributed by atoms with Crippen molar-refractivity contribution >= 4 is 17.2 Å². The average molecular weight is 298 g/mol. The highest BCUT2D eigenvalue weighted by atomic mass is 32.1. The van der Waals surface area contributed by atoms with E-state index in [4.69, 9.17) is 9.84 Å². The van der Waals surface area contributed by atoms with Gasteiger partial charge in [0.15, 0.2) is 0 Å². The zero-order chi connectivity index (χ0) is 14.4. The number of ether oxygens (including phenoxy) is 1. The summed E-state index contributed by atoms with van der Waals surface area (Å²) in [5.74, 6) is 0.165. The number of aliphatic hydroxyl groups excluding tert-OH is 1. The average Bonchev–Trinajstić information content (AvgIpc) is 2.92. The lowest BCUT2D eigenvalue weighted by atomic mass is 10.2. The maximum absolute atomic E-state index is 12.4. The molecule has 0 radical (unpaired) electrons. The molecule has 1 aromatic rings. The molecule has 1 fully saturated rings. The minimum absolute atomic E-state index is 0.0766. The van der Waals surface area contributed by atoms with Crippen molar-refractivity contribution in [2.45, 2.75) is 12.5 Å².